The standard InChI is InChI=1S/C13H20N4/c1-2-6-12-10(4-1)8-13(17-16-12)15-9-11-5-3-7-14-11/h8,11,14H,1-7,9H2,(H,15,17). The third kappa shape index (κ3) is 2.57. The topological polar surface area (TPSA) is 49.8 Å². The Balaban J connectivity index is 1.62. The number of hydrogen-bond donors (Lipinski definition) is 2. The van der Waals surface area contributed by atoms with E-state index in [2.05, 4.69) is 26.9 Å². The summed E-state index contributed by atoms with van der Waals surface area (Å²) in [7, 11) is 0. The van der Waals surface area contributed by atoms with Gasteiger partial charge in [0.05, 0.1) is 5.69 Å². The Bertz CT molecular complexity index is 385. The molecule has 0 aromatic carbocycles. The Morgan fingerprint density at radius 3 is 3.06 bits per heavy atom. The molecule has 0 bridgehead atoms. The number of anilines is 1. The van der Waals surface area contributed by atoms with Crippen molar-refractivity contribution < 1.29 is 0 Å². The van der Waals surface area contributed by atoms with Gasteiger partial charge < -0.3 is 10.6 Å². The quantitative estimate of drug-likeness (QED) is 0.829. The highest BCUT2D eigenvalue weighted by Crippen LogP contribution is 2.20. The van der Waals surface area contributed by atoms with Crippen molar-refractivity contribution >= 4 is 5.82 Å². The van der Waals surface area contributed by atoms with Gasteiger partial charge in [-0.1, -0.05) is 0 Å². The summed E-state index contributed by atoms with van der Waals surface area (Å²) in [5.74, 6) is 0.944. The Morgan fingerprint density at radius 1 is 1.24 bits per heavy atom. The summed E-state index contributed by atoms with van der Waals surface area (Å²) in [5.41, 5.74) is 2.61. The number of hydrogen-bond acceptors (Lipinski definition) is 4. The van der Waals surface area contributed by atoms with Crippen molar-refractivity contribution in [2.24, 2.45) is 0 Å². The smallest absolute Gasteiger partial charge is 0.148 e. The van der Waals surface area contributed by atoms with E-state index in [-0.39, 0.29) is 0 Å². The summed E-state index contributed by atoms with van der Waals surface area (Å²) < 4.78 is 0. The Morgan fingerprint density at radius 2 is 2.18 bits per heavy atom. The molecule has 2 heterocycles. The molecule has 4 nitrogen and oxygen atoms in total. The molecule has 1 aliphatic carbocycles. The highest BCUT2D eigenvalue weighted by Gasteiger charge is 2.15. The minimum absolute atomic E-state index is 0.604. The molecule has 2 aliphatic rings. The van der Waals surface area contributed by atoms with E-state index >= 15 is 0 Å². The van der Waals surface area contributed by atoms with E-state index in [4.69, 9.17) is 0 Å². The van der Waals surface area contributed by atoms with Crippen LogP contribution in [0, 0.1) is 0 Å². The van der Waals surface area contributed by atoms with Crippen LogP contribution >= 0.6 is 0 Å². The first-order valence-corrected chi connectivity index (χ1v) is 6.74. The van der Waals surface area contributed by atoms with Crippen molar-refractivity contribution in [2.75, 3.05) is 18.4 Å². The molecule has 0 radical (unpaired) electrons. The number of nitrogens with one attached hydrogen (secondary N) is 2. The van der Waals surface area contributed by atoms with E-state index in [1.54, 1.807) is 0 Å². The number of fused-ring (bicyclic) bond motifs is 1. The average Bonchev–Trinajstić information content (AvgIpc) is 2.89. The summed E-state index contributed by atoms with van der Waals surface area (Å²) in [5, 5.41) is 15.5. The van der Waals surface area contributed by atoms with Crippen LogP contribution in [0.15, 0.2) is 6.07 Å². The minimum atomic E-state index is 0.604. The number of aromatic nitrogens is 2. The predicted octanol–water partition coefficient (Wildman–Crippen LogP) is 1.52. The van der Waals surface area contributed by atoms with Crippen LogP contribution in [0.3, 0.4) is 0 Å². The van der Waals surface area contributed by atoms with Gasteiger partial charge in [-0.25, -0.2) is 0 Å². The molecule has 92 valence electrons. The van der Waals surface area contributed by atoms with Gasteiger partial charge in [-0.2, -0.15) is 5.10 Å². The van der Waals surface area contributed by atoms with Crippen molar-refractivity contribution in [2.45, 2.75) is 44.6 Å². The van der Waals surface area contributed by atoms with Crippen LogP contribution in [0.5, 0.6) is 0 Å². The predicted molar refractivity (Wildman–Crippen MR) is 68.2 cm³/mol. The second kappa shape index (κ2) is 5.00. The molecule has 1 saturated heterocycles. The van der Waals surface area contributed by atoms with Crippen LogP contribution in [0.1, 0.15) is 36.9 Å². The molecule has 17 heavy (non-hydrogen) atoms. The van der Waals surface area contributed by atoms with Crippen LogP contribution in [0.2, 0.25) is 0 Å². The van der Waals surface area contributed by atoms with Crippen molar-refractivity contribution in [1.29, 1.82) is 0 Å². The first-order valence-electron chi connectivity index (χ1n) is 6.74. The minimum Gasteiger partial charge on any atom is -0.367 e. The fourth-order valence-corrected chi connectivity index (χ4v) is 2.74. The maximum Gasteiger partial charge on any atom is 0.148 e. The van der Waals surface area contributed by atoms with Gasteiger partial charge in [0.15, 0.2) is 0 Å². The van der Waals surface area contributed by atoms with Gasteiger partial charge in [-0.05, 0) is 56.7 Å². The summed E-state index contributed by atoms with van der Waals surface area (Å²) >= 11 is 0. The summed E-state index contributed by atoms with van der Waals surface area (Å²) in [6.07, 6.45) is 7.39. The molecule has 4 heteroatoms. The molecule has 1 aromatic rings. The van der Waals surface area contributed by atoms with Crippen LogP contribution in [-0.4, -0.2) is 29.3 Å². The van der Waals surface area contributed by atoms with Gasteiger partial charge in [0.25, 0.3) is 0 Å². The second-order valence-corrected chi connectivity index (χ2v) is 5.08. The second-order valence-electron chi connectivity index (χ2n) is 5.08. The van der Waals surface area contributed by atoms with Crippen LogP contribution in [0.25, 0.3) is 0 Å². The van der Waals surface area contributed by atoms with E-state index in [9.17, 15) is 0 Å². The molecule has 1 aliphatic heterocycles. The normalized spacial score (nSPS) is 23.4. The lowest BCUT2D eigenvalue weighted by molar-refractivity contribution is 0.628. The molecule has 1 fully saturated rings. The molecule has 0 saturated carbocycles. The van der Waals surface area contributed by atoms with E-state index in [1.807, 2.05) is 0 Å². The third-order valence-electron chi connectivity index (χ3n) is 3.76. The largest absolute Gasteiger partial charge is 0.367 e. The number of rotatable bonds is 3. The van der Waals surface area contributed by atoms with Gasteiger partial charge in [-0.15, -0.1) is 5.10 Å². The first kappa shape index (κ1) is 11.0. The lowest BCUT2D eigenvalue weighted by Crippen LogP contribution is -2.29. The van der Waals surface area contributed by atoms with Crippen LogP contribution in [0.4, 0.5) is 5.82 Å². The molecule has 0 spiro atoms. The van der Waals surface area contributed by atoms with E-state index in [0.717, 1.165) is 25.3 Å². The van der Waals surface area contributed by atoms with Crippen molar-refractivity contribution in [1.82, 2.24) is 15.5 Å². The van der Waals surface area contributed by atoms with Gasteiger partial charge in [0.1, 0.15) is 5.82 Å². The molecule has 3 rings (SSSR count). The Hall–Kier alpha value is -1.16. The van der Waals surface area contributed by atoms with Crippen LogP contribution in [-0.2, 0) is 12.8 Å². The van der Waals surface area contributed by atoms with Crippen LogP contribution < -0.4 is 10.6 Å². The SMILES string of the molecule is c1c(NCC2CCCN2)nnc2c1CCCC2. The number of nitrogens with zero attached hydrogens (tertiary/aromatic N) is 2. The molecule has 1 atom stereocenters. The molecule has 0 amide bonds. The lowest BCUT2D eigenvalue weighted by atomic mass is 9.97. The maximum atomic E-state index is 4.33. The van der Waals surface area contributed by atoms with Gasteiger partial charge in [0.2, 0.25) is 0 Å². The average molecular weight is 232 g/mol. The molecule has 2 N–H and O–H groups in total. The zero-order valence-corrected chi connectivity index (χ0v) is 10.2. The lowest BCUT2D eigenvalue weighted by Gasteiger charge is -2.16. The Labute approximate surface area is 102 Å². The summed E-state index contributed by atoms with van der Waals surface area (Å²) in [6.45, 7) is 2.12. The van der Waals surface area contributed by atoms with Gasteiger partial charge in [-0.3, -0.25) is 0 Å². The van der Waals surface area contributed by atoms with Crippen molar-refractivity contribution in [3.8, 4) is 0 Å². The molecule has 1 aromatic heterocycles. The number of aryl methyl sites for hydroxylation is 2. The highest BCUT2D eigenvalue weighted by molar-refractivity contribution is 5.39. The van der Waals surface area contributed by atoms with Crippen molar-refractivity contribution in [3.63, 3.8) is 0 Å². The summed E-state index contributed by atoms with van der Waals surface area (Å²) in [6, 6.07) is 2.80. The summed E-state index contributed by atoms with van der Waals surface area (Å²) in [4.78, 5) is 0. The zero-order chi connectivity index (χ0) is 11.5. The van der Waals surface area contributed by atoms with E-state index < -0.39 is 0 Å². The first-order chi connectivity index (χ1) is 8.42. The van der Waals surface area contributed by atoms with Gasteiger partial charge in [0, 0.05) is 12.6 Å². The molecule has 1 unspecified atom stereocenters. The van der Waals surface area contributed by atoms with Gasteiger partial charge >= 0.3 is 0 Å². The maximum absolute atomic E-state index is 4.33. The van der Waals surface area contributed by atoms with E-state index in [1.165, 1.54) is 43.4 Å². The van der Waals surface area contributed by atoms with Crippen molar-refractivity contribution in [3.05, 3.63) is 17.3 Å². The Kier molecular flexibility index (Phi) is 3.22. The molecular formula is C13H20N4. The molecular weight excluding hydrogens is 212 g/mol. The monoisotopic (exact) mass is 232 g/mol. The van der Waals surface area contributed by atoms with E-state index in [0.29, 0.717) is 6.04 Å². The fraction of sp³-hybridized carbons (Fsp3) is 0.692. The zero-order valence-electron chi connectivity index (χ0n) is 10.2. The fourth-order valence-electron chi connectivity index (χ4n) is 2.74. The third-order valence-corrected chi connectivity index (χ3v) is 3.76. The highest BCUT2D eigenvalue weighted by atomic mass is 15.2.